The molecule has 1 heterocycles. The Kier molecular flexibility index (Phi) is 5.46. The van der Waals surface area contributed by atoms with Gasteiger partial charge in [-0.05, 0) is 37.3 Å². The number of amides is 2. The zero-order valence-electron chi connectivity index (χ0n) is 12.8. The molecule has 2 atom stereocenters. The van der Waals surface area contributed by atoms with Crippen molar-refractivity contribution in [2.75, 3.05) is 7.05 Å². The second kappa shape index (κ2) is 7.11. The van der Waals surface area contributed by atoms with Crippen LogP contribution < -0.4 is 5.32 Å². The molecule has 0 bridgehead atoms. The van der Waals surface area contributed by atoms with Crippen molar-refractivity contribution in [2.24, 2.45) is 5.92 Å². The van der Waals surface area contributed by atoms with Gasteiger partial charge in [-0.25, -0.2) is 4.79 Å². The minimum atomic E-state index is 0.0653. The van der Waals surface area contributed by atoms with Gasteiger partial charge in [-0.1, -0.05) is 26.7 Å². The van der Waals surface area contributed by atoms with Crippen LogP contribution in [0.4, 0.5) is 4.79 Å². The summed E-state index contributed by atoms with van der Waals surface area (Å²) < 4.78 is 0. The molecule has 1 N–H and O–H groups in total. The molecule has 0 aliphatic heterocycles. The highest BCUT2D eigenvalue weighted by Gasteiger charge is 2.25. The average Bonchev–Trinajstić information content (AvgIpc) is 2.92. The lowest BCUT2D eigenvalue weighted by molar-refractivity contribution is 0.160. The summed E-state index contributed by atoms with van der Waals surface area (Å²) in [6.07, 6.45) is 5.91. The number of thiophene rings is 1. The molecule has 1 aromatic heterocycles. The van der Waals surface area contributed by atoms with Crippen LogP contribution in [-0.2, 0) is 13.0 Å². The largest absolute Gasteiger partial charge is 0.333 e. The van der Waals surface area contributed by atoms with E-state index in [0.717, 1.165) is 25.2 Å². The van der Waals surface area contributed by atoms with Crippen LogP contribution in [0.25, 0.3) is 0 Å². The Morgan fingerprint density at radius 3 is 2.80 bits per heavy atom. The van der Waals surface area contributed by atoms with Crippen LogP contribution in [0.1, 0.15) is 49.3 Å². The van der Waals surface area contributed by atoms with E-state index in [1.54, 1.807) is 11.3 Å². The Labute approximate surface area is 126 Å². The van der Waals surface area contributed by atoms with Crippen LogP contribution in [-0.4, -0.2) is 24.0 Å². The third-order valence-corrected chi connectivity index (χ3v) is 5.49. The molecule has 0 aromatic carbocycles. The number of carbonyl (C=O) groups is 1. The highest BCUT2D eigenvalue weighted by Crippen LogP contribution is 2.26. The topological polar surface area (TPSA) is 32.3 Å². The van der Waals surface area contributed by atoms with Gasteiger partial charge < -0.3 is 10.2 Å². The standard InChI is InChI=1S/C16H26N2OS/c1-4-14-8-9-15(20-14)11-17-16(19)18(3)13-7-5-6-12(2)10-13/h8-9,12-13H,4-7,10-11H2,1-3H3,(H,17,19). The second-order valence-electron chi connectivity index (χ2n) is 5.92. The smallest absolute Gasteiger partial charge is 0.317 e. The predicted molar refractivity (Wildman–Crippen MR) is 85.1 cm³/mol. The van der Waals surface area contributed by atoms with E-state index in [2.05, 4.69) is 31.3 Å². The summed E-state index contributed by atoms with van der Waals surface area (Å²) in [7, 11) is 1.93. The second-order valence-corrected chi connectivity index (χ2v) is 7.17. The summed E-state index contributed by atoms with van der Waals surface area (Å²) in [6.45, 7) is 5.10. The van der Waals surface area contributed by atoms with E-state index in [9.17, 15) is 4.79 Å². The van der Waals surface area contributed by atoms with Gasteiger partial charge in [-0.15, -0.1) is 11.3 Å². The Balaban J connectivity index is 1.81. The van der Waals surface area contributed by atoms with Gasteiger partial charge in [0.15, 0.2) is 0 Å². The van der Waals surface area contributed by atoms with Gasteiger partial charge in [0.1, 0.15) is 0 Å². The highest BCUT2D eigenvalue weighted by atomic mass is 32.1. The van der Waals surface area contributed by atoms with Crippen molar-refractivity contribution in [3.63, 3.8) is 0 Å². The summed E-state index contributed by atoms with van der Waals surface area (Å²) in [5.74, 6) is 0.744. The van der Waals surface area contributed by atoms with Crippen molar-refractivity contribution in [2.45, 2.75) is 58.5 Å². The quantitative estimate of drug-likeness (QED) is 0.893. The molecule has 2 rings (SSSR count). The maximum atomic E-state index is 12.2. The minimum Gasteiger partial charge on any atom is -0.333 e. The van der Waals surface area contributed by atoms with Crippen molar-refractivity contribution >= 4 is 17.4 Å². The van der Waals surface area contributed by atoms with Crippen molar-refractivity contribution in [3.05, 3.63) is 21.9 Å². The van der Waals surface area contributed by atoms with Gasteiger partial charge in [-0.3, -0.25) is 0 Å². The molecule has 1 aliphatic carbocycles. The van der Waals surface area contributed by atoms with E-state index in [1.165, 1.54) is 22.6 Å². The molecule has 20 heavy (non-hydrogen) atoms. The Morgan fingerprint density at radius 1 is 1.40 bits per heavy atom. The summed E-state index contributed by atoms with van der Waals surface area (Å²) >= 11 is 1.79. The zero-order valence-corrected chi connectivity index (χ0v) is 13.6. The molecule has 1 aliphatic rings. The van der Waals surface area contributed by atoms with Crippen molar-refractivity contribution in [1.82, 2.24) is 10.2 Å². The number of aryl methyl sites for hydroxylation is 1. The molecule has 4 heteroatoms. The number of rotatable bonds is 4. The number of carbonyl (C=O) groups excluding carboxylic acids is 1. The first-order chi connectivity index (χ1) is 9.60. The molecule has 1 aromatic rings. The Morgan fingerprint density at radius 2 is 2.15 bits per heavy atom. The fourth-order valence-electron chi connectivity index (χ4n) is 2.91. The first-order valence-corrected chi connectivity index (χ1v) is 8.50. The van der Waals surface area contributed by atoms with Crippen LogP contribution in [0.3, 0.4) is 0 Å². The van der Waals surface area contributed by atoms with Crippen LogP contribution in [0.15, 0.2) is 12.1 Å². The van der Waals surface area contributed by atoms with Crippen molar-refractivity contribution in [3.8, 4) is 0 Å². The molecule has 3 nitrogen and oxygen atoms in total. The average molecular weight is 294 g/mol. The number of hydrogen-bond acceptors (Lipinski definition) is 2. The summed E-state index contributed by atoms with van der Waals surface area (Å²) in [5.41, 5.74) is 0. The monoisotopic (exact) mass is 294 g/mol. The lowest BCUT2D eigenvalue weighted by atomic mass is 9.86. The van der Waals surface area contributed by atoms with E-state index in [1.807, 2.05) is 11.9 Å². The molecule has 2 amide bonds. The van der Waals surface area contributed by atoms with E-state index in [0.29, 0.717) is 12.6 Å². The first kappa shape index (κ1) is 15.4. The van der Waals surface area contributed by atoms with Crippen LogP contribution in [0, 0.1) is 5.92 Å². The summed E-state index contributed by atoms with van der Waals surface area (Å²) in [4.78, 5) is 16.7. The lowest BCUT2D eigenvalue weighted by Gasteiger charge is -2.34. The summed E-state index contributed by atoms with van der Waals surface area (Å²) in [5, 5.41) is 3.05. The molecule has 1 saturated carbocycles. The maximum Gasteiger partial charge on any atom is 0.317 e. The SMILES string of the molecule is CCc1ccc(CNC(=O)N(C)C2CCCC(C)C2)s1. The maximum absolute atomic E-state index is 12.2. The molecule has 112 valence electrons. The molecule has 0 saturated heterocycles. The first-order valence-electron chi connectivity index (χ1n) is 7.68. The van der Waals surface area contributed by atoms with Gasteiger partial charge in [0.2, 0.25) is 0 Å². The third-order valence-electron chi connectivity index (χ3n) is 4.26. The molecular weight excluding hydrogens is 268 g/mol. The molecule has 1 fully saturated rings. The summed E-state index contributed by atoms with van der Waals surface area (Å²) in [6, 6.07) is 4.74. The minimum absolute atomic E-state index is 0.0653. The predicted octanol–water partition coefficient (Wildman–Crippen LogP) is 4.03. The molecule has 0 radical (unpaired) electrons. The van der Waals surface area contributed by atoms with E-state index >= 15 is 0 Å². The fraction of sp³-hybridized carbons (Fsp3) is 0.688. The number of nitrogens with zero attached hydrogens (tertiary/aromatic N) is 1. The third kappa shape index (κ3) is 3.98. The number of hydrogen-bond donors (Lipinski definition) is 1. The van der Waals surface area contributed by atoms with Crippen LogP contribution >= 0.6 is 11.3 Å². The number of urea groups is 1. The van der Waals surface area contributed by atoms with E-state index < -0.39 is 0 Å². The zero-order chi connectivity index (χ0) is 14.5. The van der Waals surface area contributed by atoms with E-state index in [4.69, 9.17) is 0 Å². The van der Waals surface area contributed by atoms with Gasteiger partial charge in [-0.2, -0.15) is 0 Å². The fourth-order valence-corrected chi connectivity index (χ4v) is 3.81. The van der Waals surface area contributed by atoms with Gasteiger partial charge >= 0.3 is 6.03 Å². The number of nitrogens with one attached hydrogen (secondary N) is 1. The van der Waals surface area contributed by atoms with Gasteiger partial charge in [0.25, 0.3) is 0 Å². The van der Waals surface area contributed by atoms with Crippen molar-refractivity contribution < 1.29 is 4.79 Å². The Hall–Kier alpha value is -1.03. The van der Waals surface area contributed by atoms with Gasteiger partial charge in [0.05, 0.1) is 6.54 Å². The molecule has 0 spiro atoms. The highest BCUT2D eigenvalue weighted by molar-refractivity contribution is 7.11. The van der Waals surface area contributed by atoms with Crippen LogP contribution in [0.2, 0.25) is 0 Å². The van der Waals surface area contributed by atoms with Gasteiger partial charge in [0, 0.05) is 22.8 Å². The molecule has 2 unspecified atom stereocenters. The molecular formula is C16H26N2OS. The van der Waals surface area contributed by atoms with Crippen LogP contribution in [0.5, 0.6) is 0 Å². The van der Waals surface area contributed by atoms with Crippen molar-refractivity contribution in [1.29, 1.82) is 0 Å². The van der Waals surface area contributed by atoms with E-state index in [-0.39, 0.29) is 6.03 Å². The Bertz CT molecular complexity index is 443. The lowest BCUT2D eigenvalue weighted by Crippen LogP contribution is -2.45. The normalized spacial score (nSPS) is 22.6.